The van der Waals surface area contributed by atoms with Crippen molar-refractivity contribution in [1.82, 2.24) is 10.2 Å². The number of rotatable bonds is 5. The van der Waals surface area contributed by atoms with E-state index in [4.69, 9.17) is 14.2 Å². The summed E-state index contributed by atoms with van der Waals surface area (Å²) in [6.07, 6.45) is 5.22. The Labute approximate surface area is 205 Å². The zero-order valence-electron chi connectivity index (χ0n) is 22.2. The van der Waals surface area contributed by atoms with Crippen molar-refractivity contribution in [3.63, 3.8) is 0 Å². The average Bonchev–Trinajstić information content (AvgIpc) is 3.11. The number of piperidine rings is 1. The zero-order valence-corrected chi connectivity index (χ0v) is 22.2. The maximum absolute atomic E-state index is 13.2. The van der Waals surface area contributed by atoms with Gasteiger partial charge >= 0.3 is 5.97 Å². The first-order chi connectivity index (χ1) is 15.9. The van der Waals surface area contributed by atoms with Gasteiger partial charge in [-0.05, 0) is 84.7 Å². The topological polar surface area (TPSA) is 80.3 Å². The van der Waals surface area contributed by atoms with E-state index < -0.39 is 17.7 Å². The van der Waals surface area contributed by atoms with Gasteiger partial charge in [-0.15, -0.1) is 0 Å². The summed E-state index contributed by atoms with van der Waals surface area (Å²) in [5, 5.41) is 14.8. The highest BCUT2D eigenvalue weighted by atomic mass is 16.6. The van der Waals surface area contributed by atoms with Crippen LogP contribution in [-0.4, -0.2) is 84.3 Å². The predicted molar refractivity (Wildman–Crippen MR) is 129 cm³/mol. The highest BCUT2D eigenvalue weighted by molar-refractivity contribution is 5.76. The van der Waals surface area contributed by atoms with E-state index in [1.807, 2.05) is 27.9 Å². The van der Waals surface area contributed by atoms with E-state index in [0.29, 0.717) is 17.9 Å². The molecule has 3 saturated carbocycles. The van der Waals surface area contributed by atoms with Gasteiger partial charge in [0, 0.05) is 30.5 Å². The van der Waals surface area contributed by atoms with Gasteiger partial charge in [0.2, 0.25) is 0 Å². The number of ether oxygens (including phenoxy) is 3. The van der Waals surface area contributed by atoms with Gasteiger partial charge in [-0.2, -0.15) is 0 Å². The fourth-order valence-electron chi connectivity index (χ4n) is 8.86. The summed E-state index contributed by atoms with van der Waals surface area (Å²) in [6.45, 7) is 10.9. The smallest absolute Gasteiger partial charge is 0.323 e. The lowest BCUT2D eigenvalue weighted by Crippen LogP contribution is -2.79. The van der Waals surface area contributed by atoms with Gasteiger partial charge in [0.05, 0.1) is 23.9 Å². The lowest BCUT2D eigenvalue weighted by molar-refractivity contribution is -0.269. The molecule has 2 bridgehead atoms. The van der Waals surface area contributed by atoms with E-state index in [0.717, 1.165) is 45.1 Å². The number of likely N-dealkylation sites (N-methyl/N-ethyl adjacent to an activating group) is 1. The number of carbonyl (C=O) groups is 1. The molecule has 3 aliphatic carbocycles. The van der Waals surface area contributed by atoms with E-state index in [1.165, 1.54) is 0 Å². The summed E-state index contributed by atoms with van der Waals surface area (Å²) in [7, 11) is 4.14. The van der Waals surface area contributed by atoms with Crippen molar-refractivity contribution in [1.29, 1.82) is 0 Å². The standard InChI is InChI=1S/C27H46N2O5/c1-15(2)21(24(31)34-25(3,4)5)28-17-10-11-27(32-7)19-14-16-8-9-18(30)22-20(16)26(27,23(17)33-22)12-13-29(19)6/h15-23,28,30H,8-14H2,1-7H3/t16?,17?,18?,19?,20?,21-,22?,23+,26+,27-/m1/s1. The third kappa shape index (κ3) is 3.44. The Balaban J connectivity index is 1.52. The normalized spacial score (nSPS) is 46.8. The van der Waals surface area contributed by atoms with Crippen molar-refractivity contribution >= 4 is 5.97 Å². The molecule has 7 heteroatoms. The number of likely N-dealkylation sites (tertiary alicyclic amines) is 1. The van der Waals surface area contributed by atoms with Gasteiger partial charge in [-0.25, -0.2) is 0 Å². The molecule has 1 spiro atoms. The first-order valence-electron chi connectivity index (χ1n) is 13.5. The summed E-state index contributed by atoms with van der Waals surface area (Å²) >= 11 is 0. The number of methoxy groups -OCH3 is 1. The van der Waals surface area contributed by atoms with Crippen LogP contribution in [0.25, 0.3) is 0 Å². The maximum atomic E-state index is 13.2. The summed E-state index contributed by atoms with van der Waals surface area (Å²) < 4.78 is 19.3. The van der Waals surface area contributed by atoms with E-state index in [9.17, 15) is 9.90 Å². The van der Waals surface area contributed by atoms with E-state index in [1.54, 1.807) is 0 Å². The largest absolute Gasteiger partial charge is 0.459 e. The van der Waals surface area contributed by atoms with Crippen LogP contribution in [-0.2, 0) is 19.0 Å². The van der Waals surface area contributed by atoms with Crippen LogP contribution in [0.5, 0.6) is 0 Å². The molecule has 2 N–H and O–H groups in total. The molecule has 0 amide bonds. The molecule has 0 radical (unpaired) electrons. The molecule has 2 aliphatic heterocycles. The van der Waals surface area contributed by atoms with Crippen molar-refractivity contribution < 1.29 is 24.1 Å². The molecule has 0 aromatic carbocycles. The second-order valence-corrected chi connectivity index (χ2v) is 13.1. The van der Waals surface area contributed by atoms with Gasteiger partial charge in [0.1, 0.15) is 11.6 Å². The Bertz CT molecular complexity index is 798. The minimum absolute atomic E-state index is 0.0313. The summed E-state index contributed by atoms with van der Waals surface area (Å²) in [5.74, 6) is 0.775. The lowest BCUT2D eigenvalue weighted by Gasteiger charge is -2.69. The molecular formula is C27H46N2O5. The number of aliphatic hydroxyl groups excluding tert-OH is 1. The molecular weight excluding hydrogens is 432 g/mol. The maximum Gasteiger partial charge on any atom is 0.323 e. The first-order valence-corrected chi connectivity index (χ1v) is 13.5. The van der Waals surface area contributed by atoms with Crippen molar-refractivity contribution in [2.45, 2.75) is 121 Å². The molecule has 5 aliphatic rings. The number of hydrogen-bond donors (Lipinski definition) is 2. The van der Waals surface area contributed by atoms with Gasteiger partial charge in [-0.1, -0.05) is 13.8 Å². The Kier molecular flexibility index (Phi) is 6.17. The zero-order chi connectivity index (χ0) is 24.6. The Morgan fingerprint density at radius 1 is 1.21 bits per heavy atom. The van der Waals surface area contributed by atoms with Crippen molar-refractivity contribution in [3.8, 4) is 0 Å². The number of hydrogen-bond acceptors (Lipinski definition) is 7. The predicted octanol–water partition coefficient (Wildman–Crippen LogP) is 2.74. The number of nitrogens with one attached hydrogen (secondary N) is 1. The molecule has 2 saturated heterocycles. The highest BCUT2D eigenvalue weighted by Gasteiger charge is 2.78. The highest BCUT2D eigenvalue weighted by Crippen LogP contribution is 2.70. The van der Waals surface area contributed by atoms with Gasteiger partial charge < -0.3 is 24.2 Å². The van der Waals surface area contributed by atoms with Gasteiger partial charge in [0.25, 0.3) is 0 Å². The van der Waals surface area contributed by atoms with Crippen LogP contribution >= 0.6 is 0 Å². The quantitative estimate of drug-likeness (QED) is 0.588. The molecule has 6 unspecified atom stereocenters. The first kappa shape index (κ1) is 24.9. The lowest BCUT2D eigenvalue weighted by atomic mass is 9.42. The van der Waals surface area contributed by atoms with E-state index in [-0.39, 0.29) is 41.2 Å². The van der Waals surface area contributed by atoms with E-state index >= 15 is 0 Å². The average molecular weight is 479 g/mol. The molecule has 0 aromatic rings. The minimum Gasteiger partial charge on any atom is -0.459 e. The van der Waals surface area contributed by atoms with Crippen LogP contribution in [0.1, 0.15) is 73.1 Å². The molecule has 194 valence electrons. The number of carbonyl (C=O) groups excluding carboxylic acids is 1. The summed E-state index contributed by atoms with van der Waals surface area (Å²) in [6, 6.07) is 0.0114. The second kappa shape index (κ2) is 8.41. The fraction of sp³-hybridized carbons (Fsp3) is 0.963. The van der Waals surface area contributed by atoms with E-state index in [2.05, 4.69) is 31.1 Å². The van der Waals surface area contributed by atoms with Crippen LogP contribution in [0.15, 0.2) is 0 Å². The van der Waals surface area contributed by atoms with Gasteiger partial charge in [0.15, 0.2) is 0 Å². The van der Waals surface area contributed by atoms with Crippen molar-refractivity contribution in [2.24, 2.45) is 23.2 Å². The van der Waals surface area contributed by atoms with Crippen LogP contribution in [0, 0.1) is 23.2 Å². The number of aliphatic hydroxyl groups is 1. The van der Waals surface area contributed by atoms with Crippen molar-refractivity contribution in [3.05, 3.63) is 0 Å². The Morgan fingerprint density at radius 3 is 2.59 bits per heavy atom. The second-order valence-electron chi connectivity index (χ2n) is 13.1. The summed E-state index contributed by atoms with van der Waals surface area (Å²) in [5.41, 5.74) is -0.933. The molecule has 5 rings (SSSR count). The van der Waals surface area contributed by atoms with Crippen LogP contribution in [0.3, 0.4) is 0 Å². The Hall–Kier alpha value is -0.730. The summed E-state index contributed by atoms with van der Waals surface area (Å²) in [4.78, 5) is 15.7. The monoisotopic (exact) mass is 478 g/mol. The Morgan fingerprint density at radius 2 is 1.94 bits per heavy atom. The van der Waals surface area contributed by atoms with Crippen LogP contribution in [0.2, 0.25) is 0 Å². The molecule has 10 atom stereocenters. The molecule has 0 aromatic heterocycles. The van der Waals surface area contributed by atoms with Gasteiger partial charge in [-0.3, -0.25) is 10.1 Å². The van der Waals surface area contributed by atoms with Crippen LogP contribution < -0.4 is 5.32 Å². The van der Waals surface area contributed by atoms with Crippen molar-refractivity contribution in [2.75, 3.05) is 20.7 Å². The SMILES string of the molecule is CO[C@]12CCC(N[C@@H](C(=O)OC(C)(C)C)C(C)C)[C@@H]3OC4C(O)CCC5CC1N(C)CC[C@]32C54. The molecule has 2 heterocycles. The molecule has 5 fully saturated rings. The number of nitrogens with zero attached hydrogens (tertiary/aromatic N) is 1. The molecule has 34 heavy (non-hydrogen) atoms. The minimum atomic E-state index is -0.525. The van der Waals surface area contributed by atoms with Crippen LogP contribution in [0.4, 0.5) is 0 Å². The number of esters is 1. The fourth-order valence-corrected chi connectivity index (χ4v) is 8.86. The molecule has 7 nitrogen and oxygen atoms in total. The third-order valence-electron chi connectivity index (χ3n) is 10.0. The third-order valence-corrected chi connectivity index (χ3v) is 10.0.